The summed E-state index contributed by atoms with van der Waals surface area (Å²) in [5.41, 5.74) is 1.34. The first kappa shape index (κ1) is 11.9. The molecule has 1 aromatic rings. The van der Waals surface area contributed by atoms with Crippen LogP contribution in [0.15, 0.2) is 12.3 Å². The van der Waals surface area contributed by atoms with E-state index in [9.17, 15) is 9.59 Å². The van der Waals surface area contributed by atoms with Crippen LogP contribution >= 0.6 is 11.6 Å². The van der Waals surface area contributed by atoms with E-state index < -0.39 is 6.04 Å². The molecule has 17 heavy (non-hydrogen) atoms. The van der Waals surface area contributed by atoms with Gasteiger partial charge in [0.15, 0.2) is 5.15 Å². The molecular weight excluding hydrogens is 242 g/mol. The number of anilines is 1. The molecule has 0 aromatic carbocycles. The van der Waals surface area contributed by atoms with Crippen molar-refractivity contribution in [2.45, 2.75) is 25.8 Å². The summed E-state index contributed by atoms with van der Waals surface area (Å²) in [5, 5.41) is 5.54. The molecule has 0 saturated carbocycles. The number of nitrogens with zero attached hydrogens (tertiary/aromatic N) is 1. The summed E-state index contributed by atoms with van der Waals surface area (Å²) in [5.74, 6) is -0.354. The van der Waals surface area contributed by atoms with Gasteiger partial charge in [-0.15, -0.1) is 0 Å². The quantitative estimate of drug-likeness (QED) is 0.780. The Morgan fingerprint density at radius 3 is 3.00 bits per heavy atom. The van der Waals surface area contributed by atoms with E-state index in [1.165, 1.54) is 0 Å². The molecule has 2 N–H and O–H groups in total. The monoisotopic (exact) mass is 253 g/mol. The maximum Gasteiger partial charge on any atom is 0.247 e. The van der Waals surface area contributed by atoms with E-state index in [1.54, 1.807) is 12.3 Å². The first-order chi connectivity index (χ1) is 8.08. The number of nitrogens with one attached hydrogen (secondary N) is 2. The molecule has 1 atom stereocenters. The Morgan fingerprint density at radius 2 is 2.41 bits per heavy atom. The number of hydrogen-bond donors (Lipinski definition) is 2. The zero-order valence-corrected chi connectivity index (χ0v) is 10.0. The normalized spacial score (nSPS) is 18.9. The molecule has 1 aromatic heterocycles. The predicted octanol–water partition coefficient (Wildman–Crippen LogP) is 1.26. The number of carbonyl (C=O) groups excluding carboxylic acids is 2. The molecule has 2 rings (SSSR count). The number of hydrogen-bond acceptors (Lipinski definition) is 3. The minimum atomic E-state index is -0.474. The molecule has 2 heterocycles. The average Bonchev–Trinajstić information content (AvgIpc) is 2.70. The second-order valence-corrected chi connectivity index (χ2v) is 4.30. The smallest absolute Gasteiger partial charge is 0.247 e. The average molecular weight is 254 g/mol. The lowest BCUT2D eigenvalue weighted by Gasteiger charge is -2.13. The van der Waals surface area contributed by atoms with Crippen LogP contribution in [-0.4, -0.2) is 22.8 Å². The van der Waals surface area contributed by atoms with Crippen LogP contribution in [-0.2, 0) is 9.59 Å². The van der Waals surface area contributed by atoms with E-state index >= 15 is 0 Å². The third-order valence-corrected chi connectivity index (χ3v) is 2.96. The van der Waals surface area contributed by atoms with Crippen LogP contribution in [0.2, 0.25) is 5.15 Å². The summed E-state index contributed by atoms with van der Waals surface area (Å²) >= 11 is 5.90. The maximum atomic E-state index is 11.9. The van der Waals surface area contributed by atoms with Crippen molar-refractivity contribution >= 4 is 29.1 Å². The molecule has 1 aliphatic rings. The minimum Gasteiger partial charge on any atom is -0.344 e. The van der Waals surface area contributed by atoms with Gasteiger partial charge in [-0.25, -0.2) is 4.98 Å². The SMILES string of the molecule is Cc1ccnc(Cl)c1NC(=O)C1CCC(=O)N1. The number of halogens is 1. The van der Waals surface area contributed by atoms with Gasteiger partial charge < -0.3 is 10.6 Å². The summed E-state index contributed by atoms with van der Waals surface area (Å²) < 4.78 is 0. The fourth-order valence-electron chi connectivity index (χ4n) is 1.70. The molecule has 1 aliphatic heterocycles. The van der Waals surface area contributed by atoms with Crippen molar-refractivity contribution in [3.8, 4) is 0 Å². The fraction of sp³-hybridized carbons (Fsp3) is 0.364. The van der Waals surface area contributed by atoms with E-state index in [4.69, 9.17) is 11.6 Å². The zero-order chi connectivity index (χ0) is 12.4. The van der Waals surface area contributed by atoms with Gasteiger partial charge in [0, 0.05) is 12.6 Å². The van der Waals surface area contributed by atoms with Crippen LogP contribution in [0.1, 0.15) is 18.4 Å². The number of aromatic nitrogens is 1. The van der Waals surface area contributed by atoms with Crippen molar-refractivity contribution in [3.05, 3.63) is 23.0 Å². The highest BCUT2D eigenvalue weighted by atomic mass is 35.5. The molecule has 1 unspecified atom stereocenters. The minimum absolute atomic E-state index is 0.0980. The van der Waals surface area contributed by atoms with Crippen LogP contribution < -0.4 is 10.6 Å². The van der Waals surface area contributed by atoms with E-state index in [1.807, 2.05) is 6.92 Å². The second kappa shape index (κ2) is 4.71. The standard InChI is InChI=1S/C11H12ClN3O2/c1-6-4-5-13-10(12)9(6)15-11(17)7-2-3-8(16)14-7/h4-5,7H,2-3H2,1H3,(H,14,16)(H,15,17). The van der Waals surface area contributed by atoms with Gasteiger partial charge in [-0.3, -0.25) is 9.59 Å². The summed E-state index contributed by atoms with van der Waals surface area (Å²) in [6.07, 6.45) is 2.48. The highest BCUT2D eigenvalue weighted by Gasteiger charge is 2.27. The summed E-state index contributed by atoms with van der Waals surface area (Å²) in [6, 6.07) is 1.28. The summed E-state index contributed by atoms with van der Waals surface area (Å²) in [4.78, 5) is 26.8. The van der Waals surface area contributed by atoms with E-state index in [0.717, 1.165) is 5.56 Å². The van der Waals surface area contributed by atoms with Crippen LogP contribution in [0, 0.1) is 6.92 Å². The fourth-order valence-corrected chi connectivity index (χ4v) is 1.95. The number of aryl methyl sites for hydroxylation is 1. The zero-order valence-electron chi connectivity index (χ0n) is 9.29. The van der Waals surface area contributed by atoms with Crippen molar-refractivity contribution < 1.29 is 9.59 Å². The highest BCUT2D eigenvalue weighted by Crippen LogP contribution is 2.23. The Hall–Kier alpha value is -1.62. The van der Waals surface area contributed by atoms with Gasteiger partial charge in [-0.1, -0.05) is 11.6 Å². The van der Waals surface area contributed by atoms with Crippen molar-refractivity contribution in [1.29, 1.82) is 0 Å². The van der Waals surface area contributed by atoms with Gasteiger partial charge in [0.05, 0.1) is 5.69 Å². The lowest BCUT2D eigenvalue weighted by molar-refractivity contribution is -0.122. The predicted molar refractivity (Wildman–Crippen MR) is 63.8 cm³/mol. The molecule has 5 nitrogen and oxygen atoms in total. The lowest BCUT2D eigenvalue weighted by atomic mass is 10.2. The van der Waals surface area contributed by atoms with E-state index in [0.29, 0.717) is 18.5 Å². The van der Waals surface area contributed by atoms with Gasteiger partial charge in [-0.05, 0) is 25.0 Å². The number of amides is 2. The molecule has 0 radical (unpaired) electrons. The Morgan fingerprint density at radius 1 is 1.65 bits per heavy atom. The molecular formula is C11H12ClN3O2. The van der Waals surface area contributed by atoms with Gasteiger partial charge in [-0.2, -0.15) is 0 Å². The summed E-state index contributed by atoms with van der Waals surface area (Å²) in [6.45, 7) is 1.83. The lowest BCUT2D eigenvalue weighted by Crippen LogP contribution is -2.37. The Bertz CT molecular complexity index is 456. The van der Waals surface area contributed by atoms with Gasteiger partial charge in [0.2, 0.25) is 11.8 Å². The highest BCUT2D eigenvalue weighted by molar-refractivity contribution is 6.32. The Balaban J connectivity index is 2.11. The van der Waals surface area contributed by atoms with Crippen LogP contribution in [0.4, 0.5) is 5.69 Å². The molecule has 2 amide bonds. The number of rotatable bonds is 2. The number of pyridine rings is 1. The second-order valence-electron chi connectivity index (χ2n) is 3.94. The van der Waals surface area contributed by atoms with Gasteiger partial charge in [0.1, 0.15) is 6.04 Å². The molecule has 0 bridgehead atoms. The molecule has 1 saturated heterocycles. The van der Waals surface area contributed by atoms with Crippen LogP contribution in [0.3, 0.4) is 0 Å². The third kappa shape index (κ3) is 2.55. The molecule has 0 spiro atoms. The summed E-state index contributed by atoms with van der Waals surface area (Å²) in [7, 11) is 0. The third-order valence-electron chi connectivity index (χ3n) is 2.67. The Kier molecular flexibility index (Phi) is 3.28. The van der Waals surface area contributed by atoms with E-state index in [-0.39, 0.29) is 17.0 Å². The molecule has 1 fully saturated rings. The van der Waals surface area contributed by atoms with Crippen LogP contribution in [0.25, 0.3) is 0 Å². The van der Waals surface area contributed by atoms with Crippen molar-refractivity contribution in [2.75, 3.05) is 5.32 Å². The number of carbonyl (C=O) groups is 2. The largest absolute Gasteiger partial charge is 0.344 e. The van der Waals surface area contributed by atoms with Gasteiger partial charge in [0.25, 0.3) is 0 Å². The maximum absolute atomic E-state index is 11.9. The molecule has 90 valence electrons. The van der Waals surface area contributed by atoms with Gasteiger partial charge >= 0.3 is 0 Å². The first-order valence-corrected chi connectivity index (χ1v) is 5.67. The van der Waals surface area contributed by atoms with Crippen LogP contribution in [0.5, 0.6) is 0 Å². The molecule has 6 heteroatoms. The van der Waals surface area contributed by atoms with E-state index in [2.05, 4.69) is 15.6 Å². The first-order valence-electron chi connectivity index (χ1n) is 5.29. The Labute approximate surface area is 104 Å². The van der Waals surface area contributed by atoms with Crippen molar-refractivity contribution in [1.82, 2.24) is 10.3 Å². The molecule has 0 aliphatic carbocycles. The van der Waals surface area contributed by atoms with Crippen molar-refractivity contribution in [2.24, 2.45) is 0 Å². The topological polar surface area (TPSA) is 71.1 Å². The van der Waals surface area contributed by atoms with Crippen molar-refractivity contribution in [3.63, 3.8) is 0 Å².